The molecule has 4 heteroatoms. The van der Waals surface area contributed by atoms with Crippen molar-refractivity contribution in [3.8, 4) is 0 Å². The molecule has 0 unspecified atom stereocenters. The SMILES string of the molecule is CC(C)(O)Cn1cnc2cnc3cc(Cc4ccccc4)ccc3c21. The third-order valence-electron chi connectivity index (χ3n) is 4.32. The van der Waals surface area contributed by atoms with Gasteiger partial charge in [-0.25, -0.2) is 4.98 Å². The number of pyridine rings is 1. The molecular weight excluding hydrogens is 310 g/mol. The first-order chi connectivity index (χ1) is 12.0. The fourth-order valence-electron chi connectivity index (χ4n) is 3.28. The molecule has 126 valence electrons. The van der Waals surface area contributed by atoms with Gasteiger partial charge in [0.2, 0.25) is 0 Å². The second kappa shape index (κ2) is 5.97. The zero-order valence-electron chi connectivity index (χ0n) is 14.5. The lowest BCUT2D eigenvalue weighted by atomic mass is 10.0. The molecule has 0 saturated heterocycles. The number of aliphatic hydroxyl groups is 1. The Bertz CT molecular complexity index is 1030. The van der Waals surface area contributed by atoms with Gasteiger partial charge >= 0.3 is 0 Å². The van der Waals surface area contributed by atoms with Gasteiger partial charge in [0.15, 0.2) is 0 Å². The minimum Gasteiger partial charge on any atom is -0.389 e. The summed E-state index contributed by atoms with van der Waals surface area (Å²) in [6.45, 7) is 4.11. The molecule has 2 heterocycles. The van der Waals surface area contributed by atoms with Crippen LogP contribution in [-0.4, -0.2) is 25.2 Å². The topological polar surface area (TPSA) is 50.9 Å². The lowest BCUT2D eigenvalue weighted by molar-refractivity contribution is 0.0627. The highest BCUT2D eigenvalue weighted by Gasteiger charge is 2.17. The molecule has 1 N–H and O–H groups in total. The monoisotopic (exact) mass is 331 g/mol. The summed E-state index contributed by atoms with van der Waals surface area (Å²) in [5.74, 6) is 0. The molecule has 2 aromatic heterocycles. The Morgan fingerprint density at radius 2 is 1.76 bits per heavy atom. The Labute approximate surface area is 146 Å². The van der Waals surface area contributed by atoms with Crippen LogP contribution in [0, 0.1) is 0 Å². The third-order valence-corrected chi connectivity index (χ3v) is 4.32. The zero-order valence-corrected chi connectivity index (χ0v) is 14.5. The largest absolute Gasteiger partial charge is 0.389 e. The second-order valence-corrected chi connectivity index (χ2v) is 7.19. The van der Waals surface area contributed by atoms with Crippen molar-refractivity contribution in [2.45, 2.75) is 32.4 Å². The highest BCUT2D eigenvalue weighted by Crippen LogP contribution is 2.25. The number of hydrogen-bond acceptors (Lipinski definition) is 3. The van der Waals surface area contributed by atoms with E-state index in [0.717, 1.165) is 28.4 Å². The van der Waals surface area contributed by atoms with Crippen LogP contribution in [0.2, 0.25) is 0 Å². The molecule has 0 saturated carbocycles. The van der Waals surface area contributed by atoms with Gasteiger partial charge in [-0.2, -0.15) is 0 Å². The third kappa shape index (κ3) is 3.26. The van der Waals surface area contributed by atoms with Crippen molar-refractivity contribution in [1.82, 2.24) is 14.5 Å². The number of benzene rings is 2. The van der Waals surface area contributed by atoms with Crippen LogP contribution in [0.4, 0.5) is 0 Å². The standard InChI is InChI=1S/C21H21N3O/c1-21(2,25)13-24-14-23-19-12-22-18-11-16(8-9-17(18)20(19)24)10-15-6-4-3-5-7-15/h3-9,11-12,14,25H,10,13H2,1-2H3. The average molecular weight is 331 g/mol. The predicted molar refractivity (Wildman–Crippen MR) is 101 cm³/mol. The second-order valence-electron chi connectivity index (χ2n) is 7.19. The van der Waals surface area contributed by atoms with E-state index >= 15 is 0 Å². The van der Waals surface area contributed by atoms with Gasteiger partial charge < -0.3 is 9.67 Å². The maximum Gasteiger partial charge on any atom is 0.107 e. The lowest BCUT2D eigenvalue weighted by Crippen LogP contribution is -2.25. The minimum atomic E-state index is -0.795. The molecule has 4 nitrogen and oxygen atoms in total. The summed E-state index contributed by atoms with van der Waals surface area (Å²) in [4.78, 5) is 9.02. The van der Waals surface area contributed by atoms with Gasteiger partial charge in [0.1, 0.15) is 5.52 Å². The fourth-order valence-corrected chi connectivity index (χ4v) is 3.28. The number of imidazole rings is 1. The van der Waals surface area contributed by atoms with Crippen LogP contribution in [0.25, 0.3) is 21.9 Å². The van der Waals surface area contributed by atoms with Crippen LogP contribution >= 0.6 is 0 Å². The molecular formula is C21H21N3O. The van der Waals surface area contributed by atoms with Gasteiger partial charge in [-0.15, -0.1) is 0 Å². The first kappa shape index (κ1) is 15.8. The molecule has 0 aliphatic carbocycles. The van der Waals surface area contributed by atoms with Gasteiger partial charge in [0.05, 0.1) is 35.7 Å². The van der Waals surface area contributed by atoms with Gasteiger partial charge in [-0.1, -0.05) is 42.5 Å². The maximum absolute atomic E-state index is 10.2. The van der Waals surface area contributed by atoms with Crippen molar-refractivity contribution in [2.24, 2.45) is 0 Å². The van der Waals surface area contributed by atoms with Crippen molar-refractivity contribution in [1.29, 1.82) is 0 Å². The van der Waals surface area contributed by atoms with E-state index in [1.807, 2.05) is 16.8 Å². The van der Waals surface area contributed by atoms with E-state index in [4.69, 9.17) is 0 Å². The van der Waals surface area contributed by atoms with Crippen LogP contribution in [0.1, 0.15) is 25.0 Å². The zero-order chi connectivity index (χ0) is 17.4. The van der Waals surface area contributed by atoms with E-state index in [0.29, 0.717) is 6.54 Å². The average Bonchev–Trinajstić information content (AvgIpc) is 2.97. The number of rotatable bonds is 4. The van der Waals surface area contributed by atoms with Crippen LogP contribution in [-0.2, 0) is 13.0 Å². The van der Waals surface area contributed by atoms with Crippen LogP contribution in [0.5, 0.6) is 0 Å². The Kier molecular flexibility index (Phi) is 3.77. The molecule has 25 heavy (non-hydrogen) atoms. The summed E-state index contributed by atoms with van der Waals surface area (Å²) in [6.07, 6.45) is 4.48. The molecule has 4 rings (SSSR count). The first-order valence-electron chi connectivity index (χ1n) is 8.48. The predicted octanol–water partition coefficient (Wildman–Crippen LogP) is 3.95. The smallest absolute Gasteiger partial charge is 0.107 e. The molecule has 2 aromatic carbocycles. The molecule has 0 bridgehead atoms. The summed E-state index contributed by atoms with van der Waals surface area (Å²) in [5.41, 5.74) is 4.56. The Morgan fingerprint density at radius 1 is 0.960 bits per heavy atom. The number of nitrogens with zero attached hydrogens (tertiary/aromatic N) is 3. The highest BCUT2D eigenvalue weighted by atomic mass is 16.3. The normalized spacial score (nSPS) is 12.1. The summed E-state index contributed by atoms with van der Waals surface area (Å²) in [5, 5.41) is 11.2. The van der Waals surface area contributed by atoms with Gasteiger partial charge in [0, 0.05) is 5.39 Å². The molecule has 0 atom stereocenters. The Balaban J connectivity index is 1.78. The number of hydrogen-bond donors (Lipinski definition) is 1. The first-order valence-corrected chi connectivity index (χ1v) is 8.48. The summed E-state index contributed by atoms with van der Waals surface area (Å²) in [7, 11) is 0. The maximum atomic E-state index is 10.2. The van der Waals surface area contributed by atoms with Crippen molar-refractivity contribution in [2.75, 3.05) is 0 Å². The van der Waals surface area contributed by atoms with Crippen molar-refractivity contribution < 1.29 is 5.11 Å². The molecule has 0 aliphatic rings. The van der Waals surface area contributed by atoms with E-state index in [1.54, 1.807) is 20.2 Å². The summed E-state index contributed by atoms with van der Waals surface area (Å²) >= 11 is 0. The highest BCUT2D eigenvalue weighted by molar-refractivity contribution is 6.02. The van der Waals surface area contributed by atoms with Crippen LogP contribution in [0.3, 0.4) is 0 Å². The van der Waals surface area contributed by atoms with Gasteiger partial charge in [0.25, 0.3) is 0 Å². The lowest BCUT2D eigenvalue weighted by Gasteiger charge is -2.18. The molecule has 0 spiro atoms. The fraction of sp³-hybridized carbons (Fsp3) is 0.238. The van der Waals surface area contributed by atoms with Crippen LogP contribution in [0.15, 0.2) is 61.1 Å². The Hall–Kier alpha value is -2.72. The summed E-state index contributed by atoms with van der Waals surface area (Å²) in [6, 6.07) is 16.8. The molecule has 0 amide bonds. The minimum absolute atomic E-state index is 0.494. The van der Waals surface area contributed by atoms with E-state index in [1.165, 1.54) is 11.1 Å². The van der Waals surface area contributed by atoms with Crippen molar-refractivity contribution in [3.63, 3.8) is 0 Å². The van der Waals surface area contributed by atoms with Crippen molar-refractivity contribution in [3.05, 3.63) is 72.2 Å². The van der Waals surface area contributed by atoms with Crippen molar-refractivity contribution >= 4 is 21.9 Å². The molecule has 0 fully saturated rings. The van der Waals surface area contributed by atoms with E-state index in [9.17, 15) is 5.11 Å². The molecule has 4 aromatic rings. The molecule has 0 radical (unpaired) electrons. The van der Waals surface area contributed by atoms with Crippen LogP contribution < -0.4 is 0 Å². The Morgan fingerprint density at radius 3 is 2.52 bits per heavy atom. The quantitative estimate of drug-likeness (QED) is 0.616. The number of fused-ring (bicyclic) bond motifs is 3. The molecule has 0 aliphatic heterocycles. The van der Waals surface area contributed by atoms with E-state index in [-0.39, 0.29) is 0 Å². The van der Waals surface area contributed by atoms with Gasteiger partial charge in [-0.05, 0) is 37.5 Å². The van der Waals surface area contributed by atoms with E-state index in [2.05, 4.69) is 52.4 Å². The number of aromatic nitrogens is 3. The van der Waals surface area contributed by atoms with Gasteiger partial charge in [-0.3, -0.25) is 4.98 Å². The van der Waals surface area contributed by atoms with E-state index < -0.39 is 5.60 Å². The summed E-state index contributed by atoms with van der Waals surface area (Å²) < 4.78 is 2.01.